The Hall–Kier alpha value is -0.120. The predicted molar refractivity (Wildman–Crippen MR) is 54.8 cm³/mol. The lowest BCUT2D eigenvalue weighted by Crippen LogP contribution is -2.53. The van der Waals surface area contributed by atoms with E-state index in [-0.39, 0.29) is 6.04 Å². The maximum atomic E-state index is 5.41. The molecule has 0 spiro atoms. The molecule has 1 N–H and O–H groups in total. The third-order valence-electron chi connectivity index (χ3n) is 2.43. The van der Waals surface area contributed by atoms with Crippen LogP contribution in [0.1, 0.15) is 34.1 Å². The molecule has 13 heavy (non-hydrogen) atoms. The van der Waals surface area contributed by atoms with E-state index >= 15 is 0 Å². The maximum absolute atomic E-state index is 5.41. The molecule has 0 aromatic carbocycles. The summed E-state index contributed by atoms with van der Waals surface area (Å²) >= 11 is 0. The lowest BCUT2D eigenvalue weighted by molar-refractivity contribution is -0.224. The van der Waals surface area contributed by atoms with Crippen molar-refractivity contribution in [3.05, 3.63) is 0 Å². The summed E-state index contributed by atoms with van der Waals surface area (Å²) in [5.74, 6) is -0.496. The number of hydrogen-bond acceptors (Lipinski definition) is 3. The Morgan fingerprint density at radius 2 is 1.62 bits per heavy atom. The van der Waals surface area contributed by atoms with Gasteiger partial charge in [0.05, 0.1) is 6.04 Å². The van der Waals surface area contributed by atoms with Gasteiger partial charge in [0, 0.05) is 26.7 Å². The van der Waals surface area contributed by atoms with E-state index in [1.807, 2.05) is 0 Å². The fourth-order valence-electron chi connectivity index (χ4n) is 1.66. The molecule has 0 aliphatic heterocycles. The number of methoxy groups -OCH3 is 2. The predicted octanol–water partition coefficient (Wildman–Crippen LogP) is 1.77. The summed E-state index contributed by atoms with van der Waals surface area (Å²) in [6.45, 7) is 8.37. The van der Waals surface area contributed by atoms with Crippen molar-refractivity contribution in [2.45, 2.75) is 52.0 Å². The summed E-state index contributed by atoms with van der Waals surface area (Å²) in [7, 11) is 3.37. The van der Waals surface area contributed by atoms with Crippen LogP contribution in [-0.2, 0) is 9.47 Å². The van der Waals surface area contributed by atoms with E-state index in [4.69, 9.17) is 9.47 Å². The molecule has 0 aliphatic rings. The molecule has 3 heteroatoms. The fraction of sp³-hybridized carbons (Fsp3) is 1.00. The van der Waals surface area contributed by atoms with Gasteiger partial charge in [-0.1, -0.05) is 20.8 Å². The summed E-state index contributed by atoms with van der Waals surface area (Å²) in [4.78, 5) is 0. The SMILES string of the molecule is CCC(OC)(OC)C(C)NC(C)C. The molecule has 0 bridgehead atoms. The lowest BCUT2D eigenvalue weighted by atomic mass is 10.1. The lowest BCUT2D eigenvalue weighted by Gasteiger charge is -2.37. The fourth-order valence-corrected chi connectivity index (χ4v) is 1.66. The molecule has 0 rings (SSSR count). The first-order valence-corrected chi connectivity index (χ1v) is 4.88. The standard InChI is InChI=1S/C10H23NO2/c1-7-10(12-5,13-6)9(4)11-8(2)3/h8-9,11H,7H2,1-6H3. The molecule has 1 unspecified atom stereocenters. The maximum Gasteiger partial charge on any atom is 0.182 e. The summed E-state index contributed by atoms with van der Waals surface area (Å²) in [5.41, 5.74) is 0. The highest BCUT2D eigenvalue weighted by Crippen LogP contribution is 2.20. The van der Waals surface area contributed by atoms with Gasteiger partial charge in [-0.15, -0.1) is 0 Å². The second kappa shape index (κ2) is 5.58. The summed E-state index contributed by atoms with van der Waals surface area (Å²) in [5, 5.41) is 3.39. The van der Waals surface area contributed by atoms with Gasteiger partial charge in [-0.25, -0.2) is 0 Å². The molecular formula is C10H23NO2. The molecule has 0 saturated carbocycles. The minimum absolute atomic E-state index is 0.187. The Morgan fingerprint density at radius 3 is 1.85 bits per heavy atom. The second-order valence-corrected chi connectivity index (χ2v) is 3.62. The molecule has 0 radical (unpaired) electrons. The summed E-state index contributed by atoms with van der Waals surface area (Å²) in [6, 6.07) is 0.624. The smallest absolute Gasteiger partial charge is 0.182 e. The topological polar surface area (TPSA) is 30.5 Å². The zero-order chi connectivity index (χ0) is 10.5. The minimum atomic E-state index is -0.496. The Labute approximate surface area is 81.8 Å². The van der Waals surface area contributed by atoms with Crippen LogP contribution in [0.25, 0.3) is 0 Å². The molecule has 0 aliphatic carbocycles. The van der Waals surface area contributed by atoms with E-state index in [0.717, 1.165) is 6.42 Å². The van der Waals surface area contributed by atoms with Crippen LogP contribution in [0.15, 0.2) is 0 Å². The normalized spacial score (nSPS) is 15.0. The van der Waals surface area contributed by atoms with Gasteiger partial charge in [-0.3, -0.25) is 0 Å². The van der Waals surface area contributed by atoms with Crippen molar-refractivity contribution in [2.24, 2.45) is 0 Å². The van der Waals surface area contributed by atoms with Crippen molar-refractivity contribution in [3.63, 3.8) is 0 Å². The molecule has 0 aromatic heterocycles. The van der Waals surface area contributed by atoms with Crippen molar-refractivity contribution in [1.82, 2.24) is 5.32 Å². The first kappa shape index (κ1) is 12.9. The molecule has 0 aromatic rings. The van der Waals surface area contributed by atoms with E-state index in [1.165, 1.54) is 0 Å². The molecule has 0 fully saturated rings. The van der Waals surface area contributed by atoms with E-state index in [0.29, 0.717) is 6.04 Å². The van der Waals surface area contributed by atoms with E-state index < -0.39 is 5.79 Å². The van der Waals surface area contributed by atoms with Gasteiger partial charge in [0.2, 0.25) is 0 Å². The molecule has 0 amide bonds. The number of rotatable bonds is 6. The van der Waals surface area contributed by atoms with Crippen molar-refractivity contribution in [3.8, 4) is 0 Å². The molecule has 0 heterocycles. The van der Waals surface area contributed by atoms with Gasteiger partial charge in [-0.05, 0) is 6.92 Å². The van der Waals surface area contributed by atoms with Gasteiger partial charge in [-0.2, -0.15) is 0 Å². The van der Waals surface area contributed by atoms with Crippen LogP contribution in [-0.4, -0.2) is 32.1 Å². The number of nitrogens with one attached hydrogen (secondary N) is 1. The van der Waals surface area contributed by atoms with Gasteiger partial charge in [0.15, 0.2) is 5.79 Å². The Morgan fingerprint density at radius 1 is 1.15 bits per heavy atom. The Kier molecular flexibility index (Phi) is 5.53. The van der Waals surface area contributed by atoms with Crippen molar-refractivity contribution in [2.75, 3.05) is 14.2 Å². The average Bonchev–Trinajstić information content (AvgIpc) is 2.07. The molecule has 3 nitrogen and oxygen atoms in total. The quantitative estimate of drug-likeness (QED) is 0.646. The molecule has 0 saturated heterocycles. The molecule has 80 valence electrons. The Balaban J connectivity index is 4.34. The van der Waals surface area contributed by atoms with E-state index in [9.17, 15) is 0 Å². The largest absolute Gasteiger partial charge is 0.352 e. The third-order valence-corrected chi connectivity index (χ3v) is 2.43. The van der Waals surface area contributed by atoms with Crippen molar-refractivity contribution >= 4 is 0 Å². The third kappa shape index (κ3) is 3.25. The van der Waals surface area contributed by atoms with Gasteiger partial charge in [0.25, 0.3) is 0 Å². The van der Waals surface area contributed by atoms with E-state index in [1.54, 1.807) is 14.2 Å². The highest BCUT2D eigenvalue weighted by molar-refractivity contribution is 4.81. The van der Waals surface area contributed by atoms with E-state index in [2.05, 4.69) is 33.0 Å². The second-order valence-electron chi connectivity index (χ2n) is 3.62. The van der Waals surface area contributed by atoms with Crippen LogP contribution < -0.4 is 5.32 Å². The Bertz CT molecular complexity index is 125. The average molecular weight is 189 g/mol. The monoisotopic (exact) mass is 189 g/mol. The molecule has 1 atom stereocenters. The van der Waals surface area contributed by atoms with Gasteiger partial charge < -0.3 is 14.8 Å². The summed E-state index contributed by atoms with van der Waals surface area (Å²) in [6.07, 6.45) is 0.834. The van der Waals surface area contributed by atoms with Crippen LogP contribution in [0, 0.1) is 0 Å². The minimum Gasteiger partial charge on any atom is -0.352 e. The summed E-state index contributed by atoms with van der Waals surface area (Å²) < 4.78 is 10.8. The molecular weight excluding hydrogens is 166 g/mol. The van der Waals surface area contributed by atoms with Crippen LogP contribution >= 0.6 is 0 Å². The van der Waals surface area contributed by atoms with Crippen LogP contribution in [0.4, 0.5) is 0 Å². The van der Waals surface area contributed by atoms with Crippen LogP contribution in [0.3, 0.4) is 0 Å². The highest BCUT2D eigenvalue weighted by atomic mass is 16.7. The van der Waals surface area contributed by atoms with Crippen molar-refractivity contribution in [1.29, 1.82) is 0 Å². The zero-order valence-corrected chi connectivity index (χ0v) is 9.68. The number of ether oxygens (including phenoxy) is 2. The first-order chi connectivity index (χ1) is 6.02. The van der Waals surface area contributed by atoms with Crippen LogP contribution in [0.5, 0.6) is 0 Å². The van der Waals surface area contributed by atoms with Gasteiger partial charge in [0.1, 0.15) is 0 Å². The van der Waals surface area contributed by atoms with Crippen molar-refractivity contribution < 1.29 is 9.47 Å². The number of hydrogen-bond donors (Lipinski definition) is 1. The zero-order valence-electron chi connectivity index (χ0n) is 9.68. The van der Waals surface area contributed by atoms with Crippen LogP contribution in [0.2, 0.25) is 0 Å². The first-order valence-electron chi connectivity index (χ1n) is 4.88. The highest BCUT2D eigenvalue weighted by Gasteiger charge is 2.34. The van der Waals surface area contributed by atoms with Gasteiger partial charge >= 0.3 is 0 Å².